The SMILES string of the molecule is c1ccc(-c2ccc(-c3nc(-c4ccc(-c5ccccc5)cc4)c4c(n3)-c3ccccc3C43c4ccccc4-n4c5ccccc5c5cccc3c54)cc2)cc1. The Morgan fingerprint density at radius 2 is 0.875 bits per heavy atom. The predicted octanol–water partition coefficient (Wildman–Crippen LogP) is 12.9. The van der Waals surface area contributed by atoms with Gasteiger partial charge in [0.25, 0.3) is 0 Å². The van der Waals surface area contributed by atoms with Crippen LogP contribution >= 0.6 is 0 Å². The van der Waals surface area contributed by atoms with Crippen LogP contribution < -0.4 is 0 Å². The van der Waals surface area contributed by atoms with Gasteiger partial charge in [-0.05, 0) is 51.1 Å². The number of hydrogen-bond donors (Lipinski definition) is 0. The molecule has 10 aromatic rings. The topological polar surface area (TPSA) is 30.7 Å². The zero-order valence-electron chi connectivity index (χ0n) is 30.4. The lowest BCUT2D eigenvalue weighted by Crippen LogP contribution is -2.34. The Labute approximate surface area is 324 Å². The average molecular weight is 712 g/mol. The molecule has 260 valence electrons. The third kappa shape index (κ3) is 4.22. The first-order valence-corrected chi connectivity index (χ1v) is 19.3. The lowest BCUT2D eigenvalue weighted by Gasteiger charge is -2.40. The second kappa shape index (κ2) is 11.8. The molecule has 1 atom stereocenters. The number of hydrogen-bond acceptors (Lipinski definition) is 2. The molecule has 8 aromatic carbocycles. The fourth-order valence-electron chi connectivity index (χ4n) is 9.66. The Balaban J connectivity index is 1.19. The van der Waals surface area contributed by atoms with Gasteiger partial charge in [0.15, 0.2) is 5.82 Å². The Morgan fingerprint density at radius 1 is 0.357 bits per heavy atom. The van der Waals surface area contributed by atoms with Crippen LogP contribution in [0.2, 0.25) is 0 Å². The largest absolute Gasteiger partial charge is 0.309 e. The van der Waals surface area contributed by atoms with E-state index < -0.39 is 5.41 Å². The van der Waals surface area contributed by atoms with E-state index in [4.69, 9.17) is 9.97 Å². The second-order valence-corrected chi connectivity index (χ2v) is 14.9. The first-order chi connectivity index (χ1) is 27.8. The third-order valence-corrected chi connectivity index (χ3v) is 12.0. The average Bonchev–Trinajstić information content (AvgIpc) is 3.78. The van der Waals surface area contributed by atoms with Crippen molar-refractivity contribution in [2.75, 3.05) is 0 Å². The normalized spacial score (nSPS) is 14.9. The quantitative estimate of drug-likeness (QED) is 0.182. The predicted molar refractivity (Wildman–Crippen MR) is 229 cm³/mol. The minimum Gasteiger partial charge on any atom is -0.309 e. The van der Waals surface area contributed by atoms with Gasteiger partial charge in [0.2, 0.25) is 0 Å². The van der Waals surface area contributed by atoms with Crippen molar-refractivity contribution in [2.45, 2.75) is 5.41 Å². The summed E-state index contributed by atoms with van der Waals surface area (Å²) in [4.78, 5) is 11.2. The molecule has 1 unspecified atom stereocenters. The van der Waals surface area contributed by atoms with E-state index in [1.807, 2.05) is 0 Å². The van der Waals surface area contributed by atoms with Gasteiger partial charge in [0.05, 0.1) is 33.5 Å². The van der Waals surface area contributed by atoms with Gasteiger partial charge in [-0.25, -0.2) is 9.97 Å². The number of rotatable bonds is 4. The van der Waals surface area contributed by atoms with Crippen molar-refractivity contribution >= 4 is 21.8 Å². The van der Waals surface area contributed by atoms with E-state index in [9.17, 15) is 0 Å². The van der Waals surface area contributed by atoms with Crippen LogP contribution in [0.5, 0.6) is 0 Å². The molecule has 3 nitrogen and oxygen atoms in total. The Morgan fingerprint density at radius 3 is 1.61 bits per heavy atom. The highest BCUT2D eigenvalue weighted by atomic mass is 15.0. The molecule has 0 saturated heterocycles. The van der Waals surface area contributed by atoms with E-state index in [1.165, 1.54) is 66.4 Å². The van der Waals surface area contributed by atoms with Crippen molar-refractivity contribution in [3.8, 4) is 61.8 Å². The van der Waals surface area contributed by atoms with Gasteiger partial charge in [-0.15, -0.1) is 0 Å². The molecule has 2 aromatic heterocycles. The van der Waals surface area contributed by atoms with Crippen LogP contribution in [-0.4, -0.2) is 14.5 Å². The summed E-state index contributed by atoms with van der Waals surface area (Å²) in [5, 5.41) is 2.51. The van der Waals surface area contributed by atoms with Crippen LogP contribution in [0.4, 0.5) is 0 Å². The Hall–Kier alpha value is -7.36. The van der Waals surface area contributed by atoms with Crippen molar-refractivity contribution in [3.63, 3.8) is 0 Å². The molecule has 3 heterocycles. The number of benzene rings is 8. The van der Waals surface area contributed by atoms with Crippen LogP contribution in [0, 0.1) is 0 Å². The van der Waals surface area contributed by atoms with Crippen molar-refractivity contribution in [1.29, 1.82) is 0 Å². The summed E-state index contributed by atoms with van der Waals surface area (Å²) in [5.41, 5.74) is 17.7. The highest BCUT2D eigenvalue weighted by Crippen LogP contribution is 2.62. The summed E-state index contributed by atoms with van der Waals surface area (Å²) in [6, 6.07) is 72.3. The molecule has 1 spiro atoms. The fourth-order valence-corrected chi connectivity index (χ4v) is 9.66. The first-order valence-electron chi connectivity index (χ1n) is 19.3. The summed E-state index contributed by atoms with van der Waals surface area (Å²) < 4.78 is 2.49. The van der Waals surface area contributed by atoms with Gasteiger partial charge < -0.3 is 4.57 Å². The molecule has 12 rings (SSSR count). The van der Waals surface area contributed by atoms with Crippen LogP contribution in [0.25, 0.3) is 83.6 Å². The zero-order chi connectivity index (χ0) is 36.8. The summed E-state index contributed by atoms with van der Waals surface area (Å²) in [6.07, 6.45) is 0. The monoisotopic (exact) mass is 711 g/mol. The standard InChI is InChI=1S/C53H33N3/c1-3-14-34(15-4-1)36-26-30-38(31-27-36)49-48-50(55-52(54-49)39-32-28-37(29-33-39)35-16-5-2-6-17-35)42-19-7-9-21-43(42)53(48)44-22-10-12-25-47(44)56-46-24-11-8-18-40(46)41-20-13-23-45(53)51(41)56/h1-33H. The summed E-state index contributed by atoms with van der Waals surface area (Å²) >= 11 is 0. The molecule has 3 heteroatoms. The molecule has 0 bridgehead atoms. The molecular weight excluding hydrogens is 679 g/mol. The van der Waals surface area contributed by atoms with Crippen LogP contribution in [0.3, 0.4) is 0 Å². The van der Waals surface area contributed by atoms with Gasteiger partial charge in [0, 0.05) is 33.0 Å². The molecule has 1 aliphatic carbocycles. The number of para-hydroxylation sites is 3. The Bertz CT molecular complexity index is 3160. The van der Waals surface area contributed by atoms with Crippen molar-refractivity contribution < 1.29 is 0 Å². The molecule has 0 N–H and O–H groups in total. The fraction of sp³-hybridized carbons (Fsp3) is 0.0189. The van der Waals surface area contributed by atoms with Gasteiger partial charge >= 0.3 is 0 Å². The number of nitrogens with zero attached hydrogens (tertiary/aromatic N) is 3. The minimum atomic E-state index is -0.671. The molecule has 1 aliphatic heterocycles. The van der Waals surface area contributed by atoms with Crippen molar-refractivity contribution in [1.82, 2.24) is 14.5 Å². The second-order valence-electron chi connectivity index (χ2n) is 14.9. The zero-order valence-corrected chi connectivity index (χ0v) is 30.4. The van der Waals surface area contributed by atoms with E-state index in [0.29, 0.717) is 5.82 Å². The van der Waals surface area contributed by atoms with Crippen molar-refractivity contribution in [2.24, 2.45) is 0 Å². The third-order valence-electron chi connectivity index (χ3n) is 12.0. The summed E-state index contributed by atoms with van der Waals surface area (Å²) in [5.74, 6) is 0.716. The smallest absolute Gasteiger partial charge is 0.160 e. The van der Waals surface area contributed by atoms with E-state index >= 15 is 0 Å². The van der Waals surface area contributed by atoms with Crippen LogP contribution in [0.1, 0.15) is 22.3 Å². The molecular formula is C53H33N3. The van der Waals surface area contributed by atoms with E-state index in [2.05, 4.69) is 205 Å². The van der Waals surface area contributed by atoms with E-state index in [0.717, 1.165) is 33.6 Å². The maximum absolute atomic E-state index is 5.64. The first kappa shape index (κ1) is 31.0. The minimum absolute atomic E-state index is 0.671. The Kier molecular flexibility index (Phi) is 6.55. The van der Waals surface area contributed by atoms with E-state index in [1.54, 1.807) is 0 Å². The van der Waals surface area contributed by atoms with Gasteiger partial charge in [0.1, 0.15) is 0 Å². The van der Waals surface area contributed by atoms with Gasteiger partial charge in [-0.3, -0.25) is 0 Å². The van der Waals surface area contributed by atoms with Gasteiger partial charge in [-0.2, -0.15) is 0 Å². The lowest BCUT2D eigenvalue weighted by atomic mass is 9.64. The maximum atomic E-state index is 5.64. The van der Waals surface area contributed by atoms with E-state index in [-0.39, 0.29) is 0 Å². The van der Waals surface area contributed by atoms with Crippen molar-refractivity contribution in [3.05, 3.63) is 222 Å². The summed E-state index contributed by atoms with van der Waals surface area (Å²) in [6.45, 7) is 0. The molecule has 56 heavy (non-hydrogen) atoms. The highest BCUT2D eigenvalue weighted by molar-refractivity contribution is 6.13. The molecule has 0 saturated carbocycles. The molecule has 0 fully saturated rings. The molecule has 2 aliphatic rings. The molecule has 0 radical (unpaired) electrons. The molecule has 0 amide bonds. The number of aromatic nitrogens is 3. The maximum Gasteiger partial charge on any atom is 0.160 e. The van der Waals surface area contributed by atoms with Gasteiger partial charge in [-0.1, -0.05) is 188 Å². The van der Waals surface area contributed by atoms with Crippen LogP contribution in [-0.2, 0) is 5.41 Å². The summed E-state index contributed by atoms with van der Waals surface area (Å²) in [7, 11) is 0. The number of fused-ring (bicyclic) bond motifs is 12. The lowest BCUT2D eigenvalue weighted by molar-refractivity contribution is 0.744. The highest BCUT2D eigenvalue weighted by Gasteiger charge is 2.53. The van der Waals surface area contributed by atoms with Crippen LogP contribution in [0.15, 0.2) is 200 Å².